The van der Waals surface area contributed by atoms with Gasteiger partial charge in [-0.2, -0.15) is 0 Å². The zero-order valence-electron chi connectivity index (χ0n) is 10.5. The van der Waals surface area contributed by atoms with Gasteiger partial charge in [0, 0.05) is 13.2 Å². The zero-order chi connectivity index (χ0) is 12.0. The predicted octanol–water partition coefficient (Wildman–Crippen LogP) is 3.08. The second-order valence-electron chi connectivity index (χ2n) is 5.07. The second kappa shape index (κ2) is 6.24. The van der Waals surface area contributed by atoms with Gasteiger partial charge in [-0.15, -0.1) is 0 Å². The van der Waals surface area contributed by atoms with Crippen LogP contribution in [0.15, 0.2) is 0 Å². The van der Waals surface area contributed by atoms with Gasteiger partial charge in [0.25, 0.3) is 0 Å². The van der Waals surface area contributed by atoms with Crippen molar-refractivity contribution in [3.8, 4) is 0 Å². The van der Waals surface area contributed by atoms with Crippen molar-refractivity contribution >= 4 is 5.97 Å². The van der Waals surface area contributed by atoms with Gasteiger partial charge in [-0.3, -0.25) is 4.79 Å². The molecule has 0 heterocycles. The third-order valence-corrected chi connectivity index (χ3v) is 3.83. The van der Waals surface area contributed by atoms with E-state index in [0.717, 1.165) is 45.1 Å². The van der Waals surface area contributed by atoms with E-state index in [2.05, 4.69) is 6.92 Å². The molecule has 0 atom stereocenters. The highest BCUT2D eigenvalue weighted by Crippen LogP contribution is 2.42. The van der Waals surface area contributed by atoms with Crippen molar-refractivity contribution in [3.05, 3.63) is 0 Å². The van der Waals surface area contributed by atoms with Crippen LogP contribution in [0.2, 0.25) is 0 Å². The number of hydrogen-bond donors (Lipinski definition) is 1. The van der Waals surface area contributed by atoms with Crippen molar-refractivity contribution in [3.63, 3.8) is 0 Å². The molecule has 0 aliphatic heterocycles. The van der Waals surface area contributed by atoms with Crippen LogP contribution < -0.4 is 0 Å². The van der Waals surface area contributed by atoms with Gasteiger partial charge >= 0.3 is 5.97 Å². The summed E-state index contributed by atoms with van der Waals surface area (Å²) in [6.45, 7) is 5.60. The van der Waals surface area contributed by atoms with E-state index < -0.39 is 11.4 Å². The molecule has 0 saturated heterocycles. The SMILES string of the molecule is CCOCCCC1(C(=O)O)CCC(C)CC1. The monoisotopic (exact) mass is 228 g/mol. The average Bonchev–Trinajstić information content (AvgIpc) is 2.27. The molecule has 16 heavy (non-hydrogen) atoms. The summed E-state index contributed by atoms with van der Waals surface area (Å²) < 4.78 is 5.28. The summed E-state index contributed by atoms with van der Waals surface area (Å²) in [4.78, 5) is 11.4. The lowest BCUT2D eigenvalue weighted by Gasteiger charge is -2.35. The third-order valence-electron chi connectivity index (χ3n) is 3.83. The smallest absolute Gasteiger partial charge is 0.309 e. The third kappa shape index (κ3) is 3.48. The van der Waals surface area contributed by atoms with Crippen LogP contribution in [0, 0.1) is 11.3 Å². The molecule has 0 radical (unpaired) electrons. The van der Waals surface area contributed by atoms with Crippen molar-refractivity contribution in [2.75, 3.05) is 13.2 Å². The Morgan fingerprint density at radius 3 is 2.56 bits per heavy atom. The Balaban J connectivity index is 2.43. The Morgan fingerprint density at radius 2 is 2.06 bits per heavy atom. The molecule has 0 aromatic carbocycles. The second-order valence-corrected chi connectivity index (χ2v) is 5.07. The number of hydrogen-bond acceptors (Lipinski definition) is 2. The Kier molecular flexibility index (Phi) is 5.26. The molecule has 0 amide bonds. The Hall–Kier alpha value is -0.570. The van der Waals surface area contributed by atoms with E-state index in [9.17, 15) is 9.90 Å². The van der Waals surface area contributed by atoms with Crippen molar-refractivity contribution in [1.82, 2.24) is 0 Å². The molecule has 0 bridgehead atoms. The summed E-state index contributed by atoms with van der Waals surface area (Å²) in [6, 6.07) is 0. The minimum atomic E-state index is -0.601. The number of aliphatic carboxylic acids is 1. The average molecular weight is 228 g/mol. The lowest BCUT2D eigenvalue weighted by atomic mass is 9.68. The maximum atomic E-state index is 11.4. The zero-order valence-corrected chi connectivity index (χ0v) is 10.5. The molecule has 0 aromatic rings. The standard InChI is InChI=1S/C13H24O3/c1-3-16-10-4-7-13(12(14)15)8-5-11(2)6-9-13/h11H,3-10H2,1-2H3,(H,14,15). The maximum absolute atomic E-state index is 11.4. The van der Waals surface area contributed by atoms with Crippen LogP contribution in [0.4, 0.5) is 0 Å². The predicted molar refractivity (Wildman–Crippen MR) is 63.4 cm³/mol. The molecule has 3 heteroatoms. The first-order valence-corrected chi connectivity index (χ1v) is 6.42. The summed E-state index contributed by atoms with van der Waals surface area (Å²) in [5.74, 6) is 0.0928. The van der Waals surface area contributed by atoms with Crippen LogP contribution in [-0.2, 0) is 9.53 Å². The molecule has 94 valence electrons. The summed E-state index contributed by atoms with van der Waals surface area (Å²) in [5.41, 5.74) is -0.455. The van der Waals surface area contributed by atoms with Crippen LogP contribution >= 0.6 is 0 Å². The molecule has 1 rings (SSSR count). The molecule has 1 fully saturated rings. The highest BCUT2D eigenvalue weighted by atomic mass is 16.5. The molecule has 1 aliphatic carbocycles. The number of carboxylic acids is 1. The molecular weight excluding hydrogens is 204 g/mol. The van der Waals surface area contributed by atoms with Gasteiger partial charge in [-0.05, 0) is 51.4 Å². The minimum absolute atomic E-state index is 0.455. The highest BCUT2D eigenvalue weighted by molar-refractivity contribution is 5.74. The van der Waals surface area contributed by atoms with Crippen LogP contribution in [0.25, 0.3) is 0 Å². The molecule has 3 nitrogen and oxygen atoms in total. The number of carbonyl (C=O) groups is 1. The first-order chi connectivity index (χ1) is 7.60. The Morgan fingerprint density at radius 1 is 1.44 bits per heavy atom. The van der Waals surface area contributed by atoms with E-state index in [-0.39, 0.29) is 0 Å². The topological polar surface area (TPSA) is 46.5 Å². The van der Waals surface area contributed by atoms with Crippen molar-refractivity contribution in [2.45, 2.75) is 52.4 Å². The molecule has 0 aromatic heterocycles. The first kappa shape index (κ1) is 13.5. The van der Waals surface area contributed by atoms with E-state index >= 15 is 0 Å². The molecular formula is C13H24O3. The fourth-order valence-electron chi connectivity index (χ4n) is 2.54. The minimum Gasteiger partial charge on any atom is -0.481 e. The molecule has 0 unspecified atom stereocenters. The van der Waals surface area contributed by atoms with E-state index in [1.807, 2.05) is 6.92 Å². The van der Waals surface area contributed by atoms with Crippen molar-refractivity contribution < 1.29 is 14.6 Å². The highest BCUT2D eigenvalue weighted by Gasteiger charge is 2.40. The number of ether oxygens (including phenoxy) is 1. The molecule has 1 saturated carbocycles. The lowest BCUT2D eigenvalue weighted by Crippen LogP contribution is -2.35. The fourth-order valence-corrected chi connectivity index (χ4v) is 2.54. The van der Waals surface area contributed by atoms with Gasteiger partial charge in [-0.1, -0.05) is 6.92 Å². The lowest BCUT2D eigenvalue weighted by molar-refractivity contribution is -0.152. The van der Waals surface area contributed by atoms with Gasteiger partial charge in [0.15, 0.2) is 0 Å². The van der Waals surface area contributed by atoms with Gasteiger partial charge < -0.3 is 9.84 Å². The Bertz CT molecular complexity index is 217. The first-order valence-electron chi connectivity index (χ1n) is 6.42. The van der Waals surface area contributed by atoms with E-state index in [4.69, 9.17) is 4.74 Å². The number of carboxylic acid groups (broad SMARTS) is 1. The van der Waals surface area contributed by atoms with Crippen LogP contribution in [-0.4, -0.2) is 24.3 Å². The molecule has 1 aliphatic rings. The van der Waals surface area contributed by atoms with Gasteiger partial charge in [0.1, 0.15) is 0 Å². The fraction of sp³-hybridized carbons (Fsp3) is 0.923. The van der Waals surface area contributed by atoms with Crippen LogP contribution in [0.1, 0.15) is 52.4 Å². The van der Waals surface area contributed by atoms with Crippen molar-refractivity contribution in [2.24, 2.45) is 11.3 Å². The van der Waals surface area contributed by atoms with Gasteiger partial charge in [0.2, 0.25) is 0 Å². The molecule has 0 spiro atoms. The Labute approximate surface area is 98.2 Å². The van der Waals surface area contributed by atoms with Crippen molar-refractivity contribution in [1.29, 1.82) is 0 Å². The normalized spacial score (nSPS) is 30.2. The summed E-state index contributed by atoms with van der Waals surface area (Å²) in [6.07, 6.45) is 5.44. The summed E-state index contributed by atoms with van der Waals surface area (Å²) >= 11 is 0. The van der Waals surface area contributed by atoms with Crippen LogP contribution in [0.3, 0.4) is 0 Å². The van der Waals surface area contributed by atoms with Gasteiger partial charge in [-0.25, -0.2) is 0 Å². The van der Waals surface area contributed by atoms with E-state index in [1.165, 1.54) is 0 Å². The number of rotatable bonds is 6. The van der Waals surface area contributed by atoms with E-state index in [0.29, 0.717) is 12.5 Å². The quantitative estimate of drug-likeness (QED) is 0.711. The molecule has 1 N–H and O–H groups in total. The van der Waals surface area contributed by atoms with Gasteiger partial charge in [0.05, 0.1) is 5.41 Å². The van der Waals surface area contributed by atoms with E-state index in [1.54, 1.807) is 0 Å². The maximum Gasteiger partial charge on any atom is 0.309 e. The summed E-state index contributed by atoms with van der Waals surface area (Å²) in [7, 11) is 0. The largest absolute Gasteiger partial charge is 0.481 e. The van der Waals surface area contributed by atoms with Crippen LogP contribution in [0.5, 0.6) is 0 Å². The summed E-state index contributed by atoms with van der Waals surface area (Å²) in [5, 5.41) is 9.39.